The molecule has 154 valence electrons. The molecule has 0 bridgehead atoms. The molecule has 6 heteroatoms. The first-order chi connectivity index (χ1) is 13.9. The van der Waals surface area contributed by atoms with E-state index in [9.17, 15) is 9.59 Å². The lowest BCUT2D eigenvalue weighted by Gasteiger charge is -2.25. The fourth-order valence-electron chi connectivity index (χ4n) is 3.92. The summed E-state index contributed by atoms with van der Waals surface area (Å²) in [5.74, 6) is -1.31. The van der Waals surface area contributed by atoms with Crippen LogP contribution in [0.15, 0.2) is 36.4 Å². The Kier molecular flexibility index (Phi) is 6.42. The number of carboxylic acids is 1. The predicted octanol–water partition coefficient (Wildman–Crippen LogP) is 4.05. The molecular formula is C23H28N2O4. The number of hydrogen-bond acceptors (Lipinski definition) is 5. The largest absolute Gasteiger partial charge is 0.481 e. The Bertz CT molecular complexity index is 910. The van der Waals surface area contributed by atoms with Gasteiger partial charge in [0.1, 0.15) is 0 Å². The molecule has 2 aromatic carbocycles. The number of aryl methyl sites for hydroxylation is 2. The molecule has 2 heterocycles. The number of carbonyl (C=O) groups excluding carboxylic acids is 1. The molecular weight excluding hydrogens is 368 g/mol. The summed E-state index contributed by atoms with van der Waals surface area (Å²) in [4.78, 5) is 22.6. The highest BCUT2D eigenvalue weighted by molar-refractivity contribution is 5.82. The van der Waals surface area contributed by atoms with E-state index in [0.717, 1.165) is 47.6 Å². The minimum absolute atomic E-state index is 0.105. The summed E-state index contributed by atoms with van der Waals surface area (Å²) in [6, 6.07) is 12.0. The van der Waals surface area contributed by atoms with Gasteiger partial charge in [-0.2, -0.15) is 0 Å². The van der Waals surface area contributed by atoms with E-state index in [1.165, 1.54) is 12.7 Å². The second-order valence-corrected chi connectivity index (χ2v) is 7.58. The van der Waals surface area contributed by atoms with E-state index in [2.05, 4.69) is 16.7 Å². The van der Waals surface area contributed by atoms with Gasteiger partial charge in [0.05, 0.1) is 18.9 Å². The molecule has 2 atom stereocenters. The van der Waals surface area contributed by atoms with Crippen LogP contribution in [0.5, 0.6) is 0 Å². The van der Waals surface area contributed by atoms with Crippen molar-refractivity contribution in [1.29, 1.82) is 0 Å². The van der Waals surface area contributed by atoms with E-state index >= 15 is 0 Å². The van der Waals surface area contributed by atoms with Gasteiger partial charge < -0.3 is 20.5 Å². The van der Waals surface area contributed by atoms with Crippen LogP contribution in [-0.4, -0.2) is 37.2 Å². The maximum absolute atomic E-state index is 11.6. The van der Waals surface area contributed by atoms with Crippen molar-refractivity contribution in [3.63, 3.8) is 0 Å². The van der Waals surface area contributed by atoms with Crippen LogP contribution in [0.1, 0.15) is 46.9 Å². The summed E-state index contributed by atoms with van der Waals surface area (Å²) in [5, 5.41) is 15.6. The van der Waals surface area contributed by atoms with E-state index < -0.39 is 5.97 Å². The highest BCUT2D eigenvalue weighted by atomic mass is 16.5. The molecule has 4 rings (SSSR count). The number of nitrogens with one attached hydrogen (secondary N) is 2. The normalized spacial score (nSPS) is 19.3. The number of benzene rings is 2. The van der Waals surface area contributed by atoms with Crippen molar-refractivity contribution < 1.29 is 19.4 Å². The van der Waals surface area contributed by atoms with Crippen LogP contribution in [0, 0.1) is 13.8 Å². The molecule has 29 heavy (non-hydrogen) atoms. The van der Waals surface area contributed by atoms with Gasteiger partial charge in [-0.1, -0.05) is 35.4 Å². The van der Waals surface area contributed by atoms with Crippen molar-refractivity contribution >= 4 is 23.3 Å². The number of carbonyl (C=O) groups is 2. The Hall–Kier alpha value is -3.02. The molecule has 6 nitrogen and oxygen atoms in total. The van der Waals surface area contributed by atoms with Gasteiger partial charge >= 0.3 is 11.9 Å². The Labute approximate surface area is 171 Å². The monoisotopic (exact) mass is 396 g/mol. The molecule has 0 fully saturated rings. The summed E-state index contributed by atoms with van der Waals surface area (Å²) in [5.41, 5.74) is 6.29. The molecule has 0 aliphatic carbocycles. The van der Waals surface area contributed by atoms with Gasteiger partial charge in [0.2, 0.25) is 0 Å². The molecule has 0 aromatic heterocycles. The smallest absolute Gasteiger partial charge is 0.313 e. The van der Waals surface area contributed by atoms with Crippen LogP contribution in [0.3, 0.4) is 0 Å². The topological polar surface area (TPSA) is 87.7 Å². The molecule has 0 saturated heterocycles. The molecule has 0 radical (unpaired) electrons. The highest BCUT2D eigenvalue weighted by Crippen LogP contribution is 2.33. The number of esters is 1. The van der Waals surface area contributed by atoms with Gasteiger partial charge in [-0.05, 0) is 49.9 Å². The van der Waals surface area contributed by atoms with E-state index in [1.54, 1.807) is 0 Å². The number of fused-ring (bicyclic) bond motifs is 2. The molecule has 0 spiro atoms. The van der Waals surface area contributed by atoms with Gasteiger partial charge in [0.15, 0.2) is 0 Å². The SMILES string of the molecule is COC(=O)C1CCNc2ccc(C)cc21.Cc1ccc2c(c1)C(C(=O)O)CCN2. The van der Waals surface area contributed by atoms with Crippen molar-refractivity contribution in [3.8, 4) is 0 Å². The lowest BCUT2D eigenvalue weighted by Crippen LogP contribution is -2.23. The lowest BCUT2D eigenvalue weighted by molar-refractivity contribution is -0.142. The van der Waals surface area contributed by atoms with Crippen molar-refractivity contribution in [2.24, 2.45) is 0 Å². The van der Waals surface area contributed by atoms with Gasteiger partial charge in [-0.15, -0.1) is 0 Å². The maximum atomic E-state index is 11.6. The van der Waals surface area contributed by atoms with Crippen molar-refractivity contribution in [2.45, 2.75) is 38.5 Å². The summed E-state index contributed by atoms with van der Waals surface area (Å²) in [6.07, 6.45) is 1.48. The van der Waals surface area contributed by atoms with E-state index in [-0.39, 0.29) is 17.8 Å². The molecule has 3 N–H and O–H groups in total. The third-order valence-electron chi connectivity index (χ3n) is 5.45. The molecule has 2 aliphatic heterocycles. The number of rotatable bonds is 2. The average molecular weight is 396 g/mol. The fraction of sp³-hybridized carbons (Fsp3) is 0.391. The van der Waals surface area contributed by atoms with Gasteiger partial charge in [0, 0.05) is 24.5 Å². The third kappa shape index (κ3) is 4.70. The van der Waals surface area contributed by atoms with Crippen molar-refractivity contribution in [3.05, 3.63) is 58.7 Å². The number of ether oxygens (including phenoxy) is 1. The van der Waals surface area contributed by atoms with Crippen LogP contribution in [0.2, 0.25) is 0 Å². The van der Waals surface area contributed by atoms with Crippen molar-refractivity contribution in [1.82, 2.24) is 0 Å². The third-order valence-corrected chi connectivity index (χ3v) is 5.45. The second kappa shape index (κ2) is 8.99. The zero-order valence-electron chi connectivity index (χ0n) is 17.1. The first-order valence-electron chi connectivity index (χ1n) is 9.90. The summed E-state index contributed by atoms with van der Waals surface area (Å²) < 4.78 is 4.82. The minimum Gasteiger partial charge on any atom is -0.481 e. The predicted molar refractivity (Wildman–Crippen MR) is 114 cm³/mol. The number of carboxylic acid groups (broad SMARTS) is 1. The molecule has 0 amide bonds. The quantitative estimate of drug-likeness (QED) is 0.664. The Morgan fingerprint density at radius 1 is 0.897 bits per heavy atom. The first kappa shape index (κ1) is 20.7. The number of aliphatic carboxylic acids is 1. The second-order valence-electron chi connectivity index (χ2n) is 7.58. The highest BCUT2D eigenvalue weighted by Gasteiger charge is 2.27. The molecule has 2 aromatic rings. The molecule has 2 aliphatic rings. The molecule has 2 unspecified atom stereocenters. The number of hydrogen-bond donors (Lipinski definition) is 3. The van der Waals surface area contributed by atoms with E-state index in [1.807, 2.05) is 44.2 Å². The molecule has 0 saturated carbocycles. The standard InChI is InChI=1S/C12H15NO2.C11H13NO2/c1-8-3-4-11-10(7-8)9(5-6-13-11)12(14)15-2;1-7-2-3-10-9(6-7)8(11(13)14)4-5-12-10/h3-4,7,9,13H,5-6H2,1-2H3;2-3,6,8,12H,4-5H2,1H3,(H,13,14). The lowest BCUT2D eigenvalue weighted by atomic mass is 9.90. The van der Waals surface area contributed by atoms with Crippen LogP contribution in [-0.2, 0) is 14.3 Å². The summed E-state index contributed by atoms with van der Waals surface area (Å²) in [7, 11) is 1.44. The minimum atomic E-state index is -0.724. The van der Waals surface area contributed by atoms with Crippen LogP contribution in [0.25, 0.3) is 0 Å². The first-order valence-corrected chi connectivity index (χ1v) is 9.90. The van der Waals surface area contributed by atoms with Gasteiger partial charge in [-0.3, -0.25) is 9.59 Å². The van der Waals surface area contributed by atoms with Crippen LogP contribution >= 0.6 is 0 Å². The maximum Gasteiger partial charge on any atom is 0.313 e. The number of methoxy groups -OCH3 is 1. The zero-order valence-corrected chi connectivity index (χ0v) is 17.1. The zero-order chi connectivity index (χ0) is 21.0. The fourth-order valence-corrected chi connectivity index (χ4v) is 3.92. The Morgan fingerprint density at radius 3 is 1.86 bits per heavy atom. The van der Waals surface area contributed by atoms with E-state index in [0.29, 0.717) is 6.42 Å². The van der Waals surface area contributed by atoms with Crippen molar-refractivity contribution in [2.75, 3.05) is 30.8 Å². The van der Waals surface area contributed by atoms with Crippen LogP contribution in [0.4, 0.5) is 11.4 Å². The average Bonchev–Trinajstić information content (AvgIpc) is 2.72. The van der Waals surface area contributed by atoms with E-state index in [4.69, 9.17) is 9.84 Å². The van der Waals surface area contributed by atoms with Gasteiger partial charge in [-0.25, -0.2) is 0 Å². The Balaban J connectivity index is 0.000000166. The summed E-state index contributed by atoms with van der Waals surface area (Å²) in [6.45, 7) is 5.58. The van der Waals surface area contributed by atoms with Crippen LogP contribution < -0.4 is 10.6 Å². The summed E-state index contributed by atoms with van der Waals surface area (Å²) >= 11 is 0. The number of anilines is 2. The van der Waals surface area contributed by atoms with Gasteiger partial charge in [0.25, 0.3) is 0 Å². The Morgan fingerprint density at radius 2 is 1.38 bits per heavy atom.